The average molecular weight is 985 g/mol. The van der Waals surface area contributed by atoms with Gasteiger partial charge in [0.05, 0.1) is 25.4 Å². The summed E-state index contributed by atoms with van der Waals surface area (Å²) >= 11 is 0. The van der Waals surface area contributed by atoms with E-state index in [0.29, 0.717) is 19.4 Å². The van der Waals surface area contributed by atoms with Crippen molar-refractivity contribution >= 4 is 11.9 Å². The third kappa shape index (κ3) is 55.4. The van der Waals surface area contributed by atoms with Crippen LogP contribution in [0, 0.1) is 0 Å². The summed E-state index contributed by atoms with van der Waals surface area (Å²) in [7, 11) is 0. The van der Waals surface area contributed by atoms with Crippen molar-refractivity contribution in [1.82, 2.24) is 5.32 Å². The van der Waals surface area contributed by atoms with Gasteiger partial charge in [-0.15, -0.1) is 0 Å². The highest BCUT2D eigenvalue weighted by molar-refractivity contribution is 5.76. The van der Waals surface area contributed by atoms with Crippen LogP contribution in [0.15, 0.2) is 36.5 Å². The van der Waals surface area contributed by atoms with E-state index in [1.165, 1.54) is 238 Å². The van der Waals surface area contributed by atoms with Crippen molar-refractivity contribution in [2.75, 3.05) is 13.2 Å². The SMILES string of the molecule is CCCCCCC/C=C\CCCCCCCC(=O)OCCCCCC/C=C\CCCCCCCCCC(=O)NC(CO)C(O)/C=C/CCCCCCCCCCCCCCCCCCCCCCCC. The Kier molecular flexibility index (Phi) is 58.0. The van der Waals surface area contributed by atoms with Gasteiger partial charge in [0.15, 0.2) is 0 Å². The molecule has 0 spiro atoms. The third-order valence-corrected chi connectivity index (χ3v) is 14.4. The van der Waals surface area contributed by atoms with Crippen molar-refractivity contribution in [2.24, 2.45) is 0 Å². The summed E-state index contributed by atoms with van der Waals surface area (Å²) in [4.78, 5) is 24.5. The van der Waals surface area contributed by atoms with Crippen LogP contribution in [0.1, 0.15) is 335 Å². The summed E-state index contributed by atoms with van der Waals surface area (Å²) in [6, 6.07) is -0.641. The third-order valence-electron chi connectivity index (χ3n) is 14.4. The van der Waals surface area contributed by atoms with Crippen LogP contribution in [0.5, 0.6) is 0 Å². The molecule has 0 aromatic rings. The van der Waals surface area contributed by atoms with Gasteiger partial charge in [0.2, 0.25) is 5.91 Å². The van der Waals surface area contributed by atoms with Gasteiger partial charge in [-0.3, -0.25) is 9.59 Å². The maximum absolute atomic E-state index is 12.5. The second-order valence-electron chi connectivity index (χ2n) is 21.4. The number of ether oxygens (including phenoxy) is 1. The van der Waals surface area contributed by atoms with Gasteiger partial charge < -0.3 is 20.3 Å². The van der Waals surface area contributed by atoms with Gasteiger partial charge >= 0.3 is 5.97 Å². The number of carbonyl (C=O) groups is 2. The first-order valence-corrected chi connectivity index (χ1v) is 31.3. The first-order chi connectivity index (χ1) is 34.5. The number of aliphatic hydroxyl groups excluding tert-OH is 2. The number of amides is 1. The van der Waals surface area contributed by atoms with Crippen molar-refractivity contribution in [3.63, 3.8) is 0 Å². The number of nitrogens with one attached hydrogen (secondary N) is 1. The lowest BCUT2D eigenvalue weighted by Crippen LogP contribution is -2.45. The molecule has 412 valence electrons. The van der Waals surface area contributed by atoms with E-state index in [-0.39, 0.29) is 18.5 Å². The molecule has 0 saturated heterocycles. The fourth-order valence-corrected chi connectivity index (χ4v) is 9.57. The van der Waals surface area contributed by atoms with E-state index < -0.39 is 12.1 Å². The molecule has 0 radical (unpaired) electrons. The Morgan fingerprint density at radius 3 is 1.01 bits per heavy atom. The fraction of sp³-hybridized carbons (Fsp3) is 0.875. The van der Waals surface area contributed by atoms with E-state index in [0.717, 1.165) is 70.6 Å². The monoisotopic (exact) mass is 984 g/mol. The van der Waals surface area contributed by atoms with Crippen molar-refractivity contribution in [3.8, 4) is 0 Å². The number of carbonyl (C=O) groups excluding carboxylic acids is 2. The average Bonchev–Trinajstić information content (AvgIpc) is 3.36. The summed E-state index contributed by atoms with van der Waals surface area (Å²) in [5.41, 5.74) is 0. The standard InChI is InChI=1S/C64H121NO5/c1-3-5-7-9-11-13-15-17-19-20-21-22-23-24-25-26-27-29-32-36-40-44-48-52-56-62(67)61(60-66)65-63(68)57-53-49-45-41-37-33-30-28-31-35-39-43-47-51-55-59-70-64(69)58-54-50-46-42-38-34-18-16-14-12-10-8-6-4-2/h16,18,31,35,52,56,61-62,66-67H,3-15,17,19-30,32-34,36-51,53-55,57-60H2,1-2H3,(H,65,68)/b18-16-,35-31-,56-52+. The summed E-state index contributed by atoms with van der Waals surface area (Å²) in [6.45, 7) is 4.87. The molecule has 6 heteroatoms. The highest BCUT2D eigenvalue weighted by atomic mass is 16.5. The van der Waals surface area contributed by atoms with Gasteiger partial charge in [-0.1, -0.05) is 275 Å². The van der Waals surface area contributed by atoms with E-state index >= 15 is 0 Å². The molecule has 0 aliphatic carbocycles. The van der Waals surface area contributed by atoms with Crippen molar-refractivity contribution in [1.29, 1.82) is 0 Å². The van der Waals surface area contributed by atoms with Crippen molar-refractivity contribution < 1.29 is 24.5 Å². The lowest BCUT2D eigenvalue weighted by atomic mass is 10.0. The maximum atomic E-state index is 12.5. The molecule has 1 amide bonds. The molecule has 0 heterocycles. The first kappa shape index (κ1) is 68.1. The normalized spacial score (nSPS) is 12.8. The Balaban J connectivity index is 3.50. The number of allylic oxidation sites excluding steroid dienone is 5. The Bertz CT molecular complexity index is 1130. The molecule has 0 bridgehead atoms. The van der Waals surface area contributed by atoms with Gasteiger partial charge in [0, 0.05) is 12.8 Å². The van der Waals surface area contributed by atoms with Crippen LogP contribution in [0.2, 0.25) is 0 Å². The van der Waals surface area contributed by atoms with Crippen molar-refractivity contribution in [2.45, 2.75) is 347 Å². The minimum Gasteiger partial charge on any atom is -0.466 e. The van der Waals surface area contributed by atoms with Gasteiger partial charge in [-0.2, -0.15) is 0 Å². The number of esters is 1. The minimum atomic E-state index is -0.856. The Labute approximate surface area is 436 Å². The van der Waals surface area contributed by atoms with E-state index in [2.05, 4.69) is 43.5 Å². The number of aliphatic hydroxyl groups is 2. The quantitative estimate of drug-likeness (QED) is 0.0321. The lowest BCUT2D eigenvalue weighted by molar-refractivity contribution is -0.143. The maximum Gasteiger partial charge on any atom is 0.305 e. The summed E-state index contributed by atoms with van der Waals surface area (Å²) in [5, 5.41) is 23.2. The predicted octanol–water partition coefficient (Wildman–Crippen LogP) is 19.6. The molecule has 70 heavy (non-hydrogen) atoms. The molecule has 0 aliphatic rings. The zero-order chi connectivity index (χ0) is 50.7. The molecule has 6 nitrogen and oxygen atoms in total. The molecule has 2 unspecified atom stereocenters. The smallest absolute Gasteiger partial charge is 0.305 e. The number of hydrogen-bond donors (Lipinski definition) is 3. The van der Waals surface area contributed by atoms with Gasteiger partial charge in [-0.25, -0.2) is 0 Å². The minimum absolute atomic E-state index is 0.0194. The molecule has 0 fully saturated rings. The van der Waals surface area contributed by atoms with Crippen LogP contribution in [0.25, 0.3) is 0 Å². The molecular formula is C64H121NO5. The topological polar surface area (TPSA) is 95.9 Å². The van der Waals surface area contributed by atoms with Gasteiger partial charge in [0.1, 0.15) is 0 Å². The van der Waals surface area contributed by atoms with Crippen LogP contribution in [-0.4, -0.2) is 47.4 Å². The van der Waals surface area contributed by atoms with E-state index in [1.807, 2.05) is 6.08 Å². The van der Waals surface area contributed by atoms with E-state index in [9.17, 15) is 19.8 Å². The van der Waals surface area contributed by atoms with Crippen LogP contribution in [0.3, 0.4) is 0 Å². The Morgan fingerprint density at radius 1 is 0.386 bits per heavy atom. The van der Waals surface area contributed by atoms with E-state index in [4.69, 9.17) is 4.74 Å². The molecule has 0 aromatic heterocycles. The second kappa shape index (κ2) is 59.6. The summed E-state index contributed by atoms with van der Waals surface area (Å²) in [6.07, 6.45) is 74.7. The zero-order valence-electron chi connectivity index (χ0n) is 47.0. The zero-order valence-corrected chi connectivity index (χ0v) is 47.0. The first-order valence-electron chi connectivity index (χ1n) is 31.3. The lowest BCUT2D eigenvalue weighted by Gasteiger charge is -2.20. The largest absolute Gasteiger partial charge is 0.466 e. The van der Waals surface area contributed by atoms with Crippen LogP contribution < -0.4 is 5.32 Å². The molecule has 0 rings (SSSR count). The number of hydrogen-bond acceptors (Lipinski definition) is 5. The van der Waals surface area contributed by atoms with Gasteiger partial charge in [0.25, 0.3) is 0 Å². The predicted molar refractivity (Wildman–Crippen MR) is 306 cm³/mol. The molecule has 0 saturated carbocycles. The highest BCUT2D eigenvalue weighted by Crippen LogP contribution is 2.17. The summed E-state index contributed by atoms with van der Waals surface area (Å²) in [5.74, 6) is -0.100. The number of rotatable bonds is 58. The Morgan fingerprint density at radius 2 is 0.671 bits per heavy atom. The van der Waals surface area contributed by atoms with Crippen molar-refractivity contribution in [3.05, 3.63) is 36.5 Å². The molecular weight excluding hydrogens is 863 g/mol. The summed E-state index contributed by atoms with van der Waals surface area (Å²) < 4.78 is 5.46. The van der Waals surface area contributed by atoms with Crippen LogP contribution >= 0.6 is 0 Å². The second-order valence-corrected chi connectivity index (χ2v) is 21.4. The number of unbranched alkanes of at least 4 members (excludes halogenated alkanes) is 43. The fourth-order valence-electron chi connectivity index (χ4n) is 9.57. The molecule has 3 N–H and O–H groups in total. The molecule has 0 aromatic carbocycles. The van der Waals surface area contributed by atoms with E-state index in [1.54, 1.807) is 6.08 Å². The Hall–Kier alpha value is -1.92. The van der Waals surface area contributed by atoms with Gasteiger partial charge in [-0.05, 0) is 83.5 Å². The molecule has 2 atom stereocenters. The molecule has 0 aliphatic heterocycles. The van der Waals surface area contributed by atoms with Crippen LogP contribution in [-0.2, 0) is 14.3 Å². The van der Waals surface area contributed by atoms with Crippen LogP contribution in [0.4, 0.5) is 0 Å². The highest BCUT2D eigenvalue weighted by Gasteiger charge is 2.18.